The number of hydrogen-bond acceptors (Lipinski definition) is 4. The highest BCUT2D eigenvalue weighted by molar-refractivity contribution is 5.30. The number of hydrogen-bond donors (Lipinski definition) is 2. The third-order valence-corrected chi connectivity index (χ3v) is 1.27. The second kappa shape index (κ2) is 5.26. The fraction of sp³-hybridized carbons (Fsp3) is 0.250. The minimum atomic E-state index is 0.572. The molecule has 0 radical (unpaired) electrons. The van der Waals surface area contributed by atoms with Gasteiger partial charge < -0.3 is 11.1 Å². The molecule has 0 bridgehead atoms. The Bertz CT molecular complexity index is 232. The van der Waals surface area contributed by atoms with E-state index in [1.165, 1.54) is 0 Å². The molecule has 0 saturated carbocycles. The molecule has 0 unspecified atom stereocenters. The van der Waals surface area contributed by atoms with E-state index in [0.29, 0.717) is 6.54 Å². The van der Waals surface area contributed by atoms with E-state index in [4.69, 9.17) is 5.73 Å². The lowest BCUT2D eigenvalue weighted by atomic mass is 10.5. The Labute approximate surface area is 71.5 Å². The number of nitrogens with zero attached hydrogens (tertiary/aromatic N) is 2. The number of anilines is 1. The van der Waals surface area contributed by atoms with Crippen molar-refractivity contribution in [2.75, 3.05) is 18.4 Å². The quantitative estimate of drug-likeness (QED) is 0.632. The Morgan fingerprint density at radius 1 is 1.42 bits per heavy atom. The van der Waals surface area contributed by atoms with Crippen LogP contribution < -0.4 is 11.1 Å². The van der Waals surface area contributed by atoms with Gasteiger partial charge >= 0.3 is 0 Å². The zero-order valence-electron chi connectivity index (χ0n) is 6.77. The molecule has 64 valence electrons. The number of aromatic nitrogens is 2. The lowest BCUT2D eigenvalue weighted by molar-refractivity contribution is 1.15. The number of nitrogens with one attached hydrogen (secondary N) is 1. The van der Waals surface area contributed by atoms with Crippen LogP contribution in [0.5, 0.6) is 0 Å². The molecule has 1 aromatic rings. The summed E-state index contributed by atoms with van der Waals surface area (Å²) in [6.45, 7) is 1.30. The molecule has 0 aliphatic rings. The van der Waals surface area contributed by atoms with Crippen LogP contribution in [0.15, 0.2) is 30.7 Å². The third kappa shape index (κ3) is 3.12. The maximum atomic E-state index is 5.27. The Kier molecular flexibility index (Phi) is 3.80. The van der Waals surface area contributed by atoms with Crippen molar-refractivity contribution in [2.45, 2.75) is 0 Å². The van der Waals surface area contributed by atoms with Crippen LogP contribution in [-0.2, 0) is 0 Å². The van der Waals surface area contributed by atoms with E-state index in [1.807, 2.05) is 12.2 Å². The molecule has 4 nitrogen and oxygen atoms in total. The summed E-state index contributed by atoms with van der Waals surface area (Å²) in [5.41, 5.74) is 5.27. The Morgan fingerprint density at radius 3 is 3.00 bits per heavy atom. The van der Waals surface area contributed by atoms with E-state index in [2.05, 4.69) is 15.3 Å². The predicted molar refractivity (Wildman–Crippen MR) is 48.7 cm³/mol. The largest absolute Gasteiger partial charge is 0.365 e. The molecule has 0 aromatic carbocycles. The Balaban J connectivity index is 2.29. The predicted octanol–water partition coefficient (Wildman–Crippen LogP) is 0.403. The van der Waals surface area contributed by atoms with Gasteiger partial charge in [-0.3, -0.25) is 4.98 Å². The fourth-order valence-electron chi connectivity index (χ4n) is 0.733. The molecular formula is C8H12N4. The lowest BCUT2D eigenvalue weighted by Crippen LogP contribution is -2.01. The maximum Gasteiger partial charge on any atom is 0.144 e. The van der Waals surface area contributed by atoms with Gasteiger partial charge in [0.15, 0.2) is 0 Å². The highest BCUT2D eigenvalue weighted by Crippen LogP contribution is 1.95. The molecule has 0 saturated heterocycles. The topological polar surface area (TPSA) is 63.8 Å². The van der Waals surface area contributed by atoms with Crippen LogP contribution in [0.1, 0.15) is 0 Å². The van der Waals surface area contributed by atoms with Gasteiger partial charge in [-0.05, 0) is 0 Å². The van der Waals surface area contributed by atoms with Crippen molar-refractivity contribution in [3.05, 3.63) is 30.7 Å². The van der Waals surface area contributed by atoms with Crippen molar-refractivity contribution in [1.82, 2.24) is 9.97 Å². The highest BCUT2D eigenvalue weighted by atomic mass is 15.0. The molecule has 0 aliphatic heterocycles. The van der Waals surface area contributed by atoms with Crippen molar-refractivity contribution in [2.24, 2.45) is 5.73 Å². The van der Waals surface area contributed by atoms with E-state index in [1.54, 1.807) is 18.6 Å². The van der Waals surface area contributed by atoms with Crippen LogP contribution in [0.2, 0.25) is 0 Å². The molecule has 0 spiro atoms. The van der Waals surface area contributed by atoms with Gasteiger partial charge in [0.25, 0.3) is 0 Å². The summed E-state index contributed by atoms with van der Waals surface area (Å²) in [5, 5.41) is 3.06. The third-order valence-electron chi connectivity index (χ3n) is 1.27. The first-order valence-electron chi connectivity index (χ1n) is 3.78. The summed E-state index contributed by atoms with van der Waals surface area (Å²) < 4.78 is 0. The molecule has 12 heavy (non-hydrogen) atoms. The molecule has 4 heteroatoms. The summed E-state index contributed by atoms with van der Waals surface area (Å²) in [5.74, 6) is 0.777. The van der Waals surface area contributed by atoms with Crippen LogP contribution in [0.25, 0.3) is 0 Å². The van der Waals surface area contributed by atoms with Crippen LogP contribution in [0, 0.1) is 0 Å². The number of nitrogens with two attached hydrogens (primary N) is 1. The van der Waals surface area contributed by atoms with Gasteiger partial charge in [0.05, 0.1) is 6.20 Å². The molecule has 1 rings (SSSR count). The van der Waals surface area contributed by atoms with Crippen molar-refractivity contribution in [3.8, 4) is 0 Å². The molecule has 1 aromatic heterocycles. The second-order valence-electron chi connectivity index (χ2n) is 2.18. The highest BCUT2D eigenvalue weighted by Gasteiger charge is 1.86. The van der Waals surface area contributed by atoms with E-state index in [-0.39, 0.29) is 0 Å². The van der Waals surface area contributed by atoms with Crippen LogP contribution in [-0.4, -0.2) is 23.1 Å². The average Bonchev–Trinajstić information content (AvgIpc) is 2.14. The summed E-state index contributed by atoms with van der Waals surface area (Å²) in [6, 6.07) is 0. The SMILES string of the molecule is NC/C=C/CNc1cnccn1. The molecule has 0 amide bonds. The van der Waals surface area contributed by atoms with Crippen molar-refractivity contribution in [3.63, 3.8) is 0 Å². The van der Waals surface area contributed by atoms with Gasteiger partial charge in [-0.25, -0.2) is 4.98 Å². The molecule has 0 atom stereocenters. The Morgan fingerprint density at radius 2 is 2.33 bits per heavy atom. The Hall–Kier alpha value is -1.42. The molecule has 0 fully saturated rings. The summed E-state index contributed by atoms with van der Waals surface area (Å²) in [4.78, 5) is 7.95. The van der Waals surface area contributed by atoms with E-state index in [0.717, 1.165) is 12.4 Å². The van der Waals surface area contributed by atoms with Crippen LogP contribution in [0.4, 0.5) is 5.82 Å². The monoisotopic (exact) mass is 164 g/mol. The molecule has 3 N–H and O–H groups in total. The molecule has 0 aliphatic carbocycles. The van der Waals surface area contributed by atoms with Gasteiger partial charge in [-0.2, -0.15) is 0 Å². The number of rotatable bonds is 4. The first-order chi connectivity index (χ1) is 5.93. The van der Waals surface area contributed by atoms with Gasteiger partial charge in [0, 0.05) is 25.5 Å². The summed E-state index contributed by atoms with van der Waals surface area (Å²) in [7, 11) is 0. The minimum absolute atomic E-state index is 0.572. The average molecular weight is 164 g/mol. The van der Waals surface area contributed by atoms with Crippen molar-refractivity contribution < 1.29 is 0 Å². The maximum absolute atomic E-state index is 5.27. The second-order valence-corrected chi connectivity index (χ2v) is 2.18. The minimum Gasteiger partial charge on any atom is -0.365 e. The van der Waals surface area contributed by atoms with Crippen LogP contribution >= 0.6 is 0 Å². The van der Waals surface area contributed by atoms with Crippen LogP contribution in [0.3, 0.4) is 0 Å². The molecule has 1 heterocycles. The van der Waals surface area contributed by atoms with Gasteiger partial charge in [0.1, 0.15) is 5.82 Å². The molecular weight excluding hydrogens is 152 g/mol. The standard InChI is InChI=1S/C8H12N4/c9-3-1-2-4-11-8-7-10-5-6-12-8/h1-2,5-7H,3-4,9H2,(H,11,12)/b2-1+. The zero-order chi connectivity index (χ0) is 8.65. The smallest absolute Gasteiger partial charge is 0.144 e. The van der Waals surface area contributed by atoms with Crippen molar-refractivity contribution in [1.29, 1.82) is 0 Å². The first kappa shape index (κ1) is 8.67. The summed E-state index contributed by atoms with van der Waals surface area (Å²) in [6.07, 6.45) is 8.81. The van der Waals surface area contributed by atoms with Gasteiger partial charge in [-0.15, -0.1) is 0 Å². The summed E-state index contributed by atoms with van der Waals surface area (Å²) >= 11 is 0. The van der Waals surface area contributed by atoms with Gasteiger partial charge in [-0.1, -0.05) is 12.2 Å². The van der Waals surface area contributed by atoms with Crippen molar-refractivity contribution >= 4 is 5.82 Å². The normalized spacial score (nSPS) is 10.4. The van der Waals surface area contributed by atoms with E-state index >= 15 is 0 Å². The zero-order valence-corrected chi connectivity index (χ0v) is 6.77. The van der Waals surface area contributed by atoms with E-state index in [9.17, 15) is 0 Å². The lowest BCUT2D eigenvalue weighted by Gasteiger charge is -1.98. The van der Waals surface area contributed by atoms with E-state index < -0.39 is 0 Å². The van der Waals surface area contributed by atoms with Gasteiger partial charge in [0.2, 0.25) is 0 Å². The first-order valence-corrected chi connectivity index (χ1v) is 3.78. The fourth-order valence-corrected chi connectivity index (χ4v) is 0.733.